The highest BCUT2D eigenvalue weighted by atomic mass is 16.6. The van der Waals surface area contributed by atoms with Crippen LogP contribution in [0.2, 0.25) is 0 Å². The van der Waals surface area contributed by atoms with Crippen molar-refractivity contribution in [3.05, 3.63) is 6.92 Å². The van der Waals surface area contributed by atoms with Crippen molar-refractivity contribution in [1.82, 2.24) is 9.80 Å². The normalized spacial score (nSPS) is 16.9. The second kappa shape index (κ2) is 5.38. The number of nitrogens with zero attached hydrogens (tertiary/aromatic N) is 2. The molecular weight excluding hydrogens is 220 g/mol. The number of amides is 2. The molecule has 0 aromatic carbocycles. The van der Waals surface area contributed by atoms with Crippen LogP contribution in [0.1, 0.15) is 27.2 Å². The van der Waals surface area contributed by atoms with E-state index < -0.39 is 5.60 Å². The largest absolute Gasteiger partial charge is 0.444 e. The zero-order chi connectivity index (χ0) is 13.1. The van der Waals surface area contributed by atoms with Crippen molar-refractivity contribution in [3.63, 3.8) is 0 Å². The standard InChI is InChI=1S/C12H21N2O3/c1-5-10(15)13-6-8-14(9-7-13)11(16)17-12(2,3)4/h1,5-9H2,2-4H3. The summed E-state index contributed by atoms with van der Waals surface area (Å²) < 4.78 is 5.27. The number of hydrogen-bond donors (Lipinski definition) is 0. The van der Waals surface area contributed by atoms with E-state index in [1.54, 1.807) is 9.80 Å². The number of ether oxygens (including phenoxy) is 1. The lowest BCUT2D eigenvalue weighted by atomic mass is 10.2. The van der Waals surface area contributed by atoms with Crippen molar-refractivity contribution >= 4 is 12.0 Å². The first-order chi connectivity index (χ1) is 7.83. The van der Waals surface area contributed by atoms with E-state index in [0.29, 0.717) is 26.2 Å². The van der Waals surface area contributed by atoms with Gasteiger partial charge in [-0.25, -0.2) is 4.79 Å². The molecule has 1 radical (unpaired) electrons. The third kappa shape index (κ3) is 4.24. The van der Waals surface area contributed by atoms with Gasteiger partial charge in [-0.1, -0.05) is 0 Å². The molecule has 0 spiro atoms. The predicted octanol–water partition coefficient (Wildman–Crippen LogP) is 1.29. The fourth-order valence-corrected chi connectivity index (χ4v) is 1.62. The summed E-state index contributed by atoms with van der Waals surface area (Å²) >= 11 is 0. The number of rotatable bonds is 1. The van der Waals surface area contributed by atoms with Gasteiger partial charge in [0.05, 0.1) is 0 Å². The highest BCUT2D eigenvalue weighted by Crippen LogP contribution is 2.12. The van der Waals surface area contributed by atoms with Crippen LogP contribution in [-0.2, 0) is 9.53 Å². The van der Waals surface area contributed by atoms with E-state index in [9.17, 15) is 9.59 Å². The summed E-state index contributed by atoms with van der Waals surface area (Å²) in [5.41, 5.74) is -0.475. The fraction of sp³-hybridized carbons (Fsp3) is 0.750. The van der Waals surface area contributed by atoms with Crippen molar-refractivity contribution in [2.75, 3.05) is 26.2 Å². The maximum absolute atomic E-state index is 11.7. The van der Waals surface area contributed by atoms with Crippen LogP contribution in [0, 0.1) is 6.92 Å². The third-order valence-electron chi connectivity index (χ3n) is 2.50. The maximum Gasteiger partial charge on any atom is 0.410 e. The van der Waals surface area contributed by atoms with Crippen molar-refractivity contribution in [2.24, 2.45) is 0 Å². The van der Waals surface area contributed by atoms with Gasteiger partial charge >= 0.3 is 6.09 Å². The number of carbonyl (C=O) groups is 2. The molecule has 1 aliphatic heterocycles. The van der Waals surface area contributed by atoms with Crippen LogP contribution < -0.4 is 0 Å². The number of piperazine rings is 1. The Morgan fingerprint density at radius 1 is 1.12 bits per heavy atom. The molecule has 1 heterocycles. The Balaban J connectivity index is 2.42. The van der Waals surface area contributed by atoms with E-state index in [0.717, 1.165) is 0 Å². The van der Waals surface area contributed by atoms with Crippen molar-refractivity contribution in [1.29, 1.82) is 0 Å². The molecule has 17 heavy (non-hydrogen) atoms. The minimum atomic E-state index is -0.475. The van der Waals surface area contributed by atoms with Crippen LogP contribution in [0.5, 0.6) is 0 Å². The zero-order valence-corrected chi connectivity index (χ0v) is 10.9. The molecule has 0 unspecified atom stereocenters. The summed E-state index contributed by atoms with van der Waals surface area (Å²) in [4.78, 5) is 26.5. The van der Waals surface area contributed by atoms with Gasteiger partial charge in [-0.15, -0.1) is 0 Å². The van der Waals surface area contributed by atoms with Crippen LogP contribution in [0.4, 0.5) is 4.79 Å². The molecule has 1 fully saturated rings. The lowest BCUT2D eigenvalue weighted by Gasteiger charge is -2.35. The van der Waals surface area contributed by atoms with Gasteiger partial charge in [0.1, 0.15) is 5.60 Å². The van der Waals surface area contributed by atoms with Crippen LogP contribution in [-0.4, -0.2) is 53.6 Å². The molecule has 1 rings (SSSR count). The molecule has 1 aliphatic rings. The highest BCUT2D eigenvalue weighted by Gasteiger charge is 2.26. The minimum absolute atomic E-state index is 0.0360. The van der Waals surface area contributed by atoms with Gasteiger partial charge < -0.3 is 14.5 Å². The Labute approximate surface area is 103 Å². The molecule has 2 amide bonds. The van der Waals surface area contributed by atoms with Crippen molar-refractivity contribution in [2.45, 2.75) is 32.8 Å². The SMILES string of the molecule is [CH2]CC(=O)N1CCN(C(=O)OC(C)(C)C)CC1. The predicted molar refractivity (Wildman–Crippen MR) is 64.4 cm³/mol. The molecule has 0 aromatic rings. The second-order valence-corrected chi connectivity index (χ2v) is 5.10. The van der Waals surface area contributed by atoms with Gasteiger partial charge in [0.25, 0.3) is 0 Å². The van der Waals surface area contributed by atoms with Crippen molar-refractivity contribution in [3.8, 4) is 0 Å². The Morgan fingerprint density at radius 2 is 1.59 bits per heavy atom. The highest BCUT2D eigenvalue weighted by molar-refractivity contribution is 5.77. The van der Waals surface area contributed by atoms with E-state index in [1.807, 2.05) is 20.8 Å². The summed E-state index contributed by atoms with van der Waals surface area (Å²) in [6, 6.07) is 0. The molecule has 0 atom stereocenters. The van der Waals surface area contributed by atoms with Crippen molar-refractivity contribution < 1.29 is 14.3 Å². The molecule has 0 aliphatic carbocycles. The first-order valence-electron chi connectivity index (χ1n) is 5.88. The lowest BCUT2D eigenvalue weighted by Crippen LogP contribution is -2.51. The average molecular weight is 241 g/mol. The smallest absolute Gasteiger partial charge is 0.410 e. The topological polar surface area (TPSA) is 49.9 Å². The van der Waals surface area contributed by atoms with E-state index in [4.69, 9.17) is 4.74 Å². The molecule has 0 aromatic heterocycles. The quantitative estimate of drug-likeness (QED) is 0.695. The van der Waals surface area contributed by atoms with E-state index in [2.05, 4.69) is 6.92 Å². The zero-order valence-electron chi connectivity index (χ0n) is 10.9. The molecule has 5 heteroatoms. The van der Waals surface area contributed by atoms with Gasteiger partial charge in [-0.3, -0.25) is 4.79 Å². The first-order valence-corrected chi connectivity index (χ1v) is 5.88. The Morgan fingerprint density at radius 3 is 2.00 bits per heavy atom. The molecule has 0 bridgehead atoms. The van der Waals surface area contributed by atoms with Gasteiger partial charge in [-0.05, 0) is 27.7 Å². The molecule has 0 N–H and O–H groups in total. The fourth-order valence-electron chi connectivity index (χ4n) is 1.62. The Bertz CT molecular complexity index is 289. The Kier molecular flexibility index (Phi) is 4.37. The molecule has 0 saturated carbocycles. The molecular formula is C12H21N2O3. The van der Waals surface area contributed by atoms with E-state index in [1.165, 1.54) is 0 Å². The first kappa shape index (κ1) is 13.8. The van der Waals surface area contributed by atoms with Crippen LogP contribution in [0.25, 0.3) is 0 Å². The van der Waals surface area contributed by atoms with Crippen LogP contribution in [0.15, 0.2) is 0 Å². The number of carbonyl (C=O) groups excluding carboxylic acids is 2. The average Bonchev–Trinajstić information content (AvgIpc) is 2.26. The van der Waals surface area contributed by atoms with E-state index in [-0.39, 0.29) is 18.4 Å². The van der Waals surface area contributed by atoms with Gasteiger partial charge in [0, 0.05) is 32.6 Å². The molecule has 97 valence electrons. The minimum Gasteiger partial charge on any atom is -0.444 e. The van der Waals surface area contributed by atoms with Gasteiger partial charge in [-0.2, -0.15) is 0 Å². The monoisotopic (exact) mass is 241 g/mol. The second-order valence-electron chi connectivity index (χ2n) is 5.10. The molecule has 5 nitrogen and oxygen atoms in total. The summed E-state index contributed by atoms with van der Waals surface area (Å²) in [5, 5.41) is 0. The third-order valence-corrected chi connectivity index (χ3v) is 2.50. The number of hydrogen-bond acceptors (Lipinski definition) is 3. The summed E-state index contributed by atoms with van der Waals surface area (Å²) in [6.45, 7) is 11.3. The van der Waals surface area contributed by atoms with Gasteiger partial charge in [0.15, 0.2) is 0 Å². The lowest BCUT2D eigenvalue weighted by molar-refractivity contribution is -0.132. The van der Waals surface area contributed by atoms with E-state index >= 15 is 0 Å². The maximum atomic E-state index is 11.7. The summed E-state index contributed by atoms with van der Waals surface area (Å²) in [6.07, 6.45) is -0.0360. The van der Waals surface area contributed by atoms with Crippen LogP contribution in [0.3, 0.4) is 0 Å². The molecule has 1 saturated heterocycles. The van der Waals surface area contributed by atoms with Crippen LogP contribution >= 0.6 is 0 Å². The summed E-state index contributed by atoms with van der Waals surface area (Å²) in [7, 11) is 0. The Hall–Kier alpha value is -1.26. The van der Waals surface area contributed by atoms with Gasteiger partial charge in [0.2, 0.25) is 5.91 Å². The summed E-state index contributed by atoms with van der Waals surface area (Å²) in [5.74, 6) is 0.0360.